The lowest BCUT2D eigenvalue weighted by atomic mass is 10.2. The van der Waals surface area contributed by atoms with Crippen LogP contribution in [0.15, 0.2) is 48.5 Å². The highest BCUT2D eigenvalue weighted by Crippen LogP contribution is 2.18. The molecule has 0 radical (unpaired) electrons. The minimum Gasteiger partial charge on any atom is -0.336 e. The molecule has 2 amide bonds. The number of hydrogen-bond acceptors (Lipinski definition) is 3. The Bertz CT molecular complexity index is 801. The molecule has 0 bridgehead atoms. The lowest BCUT2D eigenvalue weighted by Crippen LogP contribution is -2.50. The molecule has 1 fully saturated rings. The molecule has 1 aliphatic heterocycles. The first-order valence-corrected chi connectivity index (χ1v) is 9.03. The summed E-state index contributed by atoms with van der Waals surface area (Å²) in [6.07, 6.45) is 0. The van der Waals surface area contributed by atoms with Gasteiger partial charge in [0, 0.05) is 31.9 Å². The van der Waals surface area contributed by atoms with Gasteiger partial charge in [-0.3, -0.25) is 14.5 Å². The summed E-state index contributed by atoms with van der Waals surface area (Å²) in [5.74, 6) is -0.0963. The van der Waals surface area contributed by atoms with Gasteiger partial charge in [-0.2, -0.15) is 0 Å². The number of nitrogens with one attached hydrogen (secondary N) is 1. The predicted octanol–water partition coefficient (Wildman–Crippen LogP) is 3.04. The predicted molar refractivity (Wildman–Crippen MR) is 104 cm³/mol. The summed E-state index contributed by atoms with van der Waals surface area (Å²) in [6.45, 7) is 4.81. The number of piperazine rings is 1. The minimum atomic E-state index is -0.0561. The van der Waals surface area contributed by atoms with E-state index in [1.165, 1.54) is 0 Å². The van der Waals surface area contributed by atoms with Crippen molar-refractivity contribution >= 4 is 29.1 Å². The van der Waals surface area contributed by atoms with Crippen LogP contribution in [0.1, 0.15) is 15.9 Å². The van der Waals surface area contributed by atoms with Crippen molar-refractivity contribution in [2.75, 3.05) is 38.0 Å². The van der Waals surface area contributed by atoms with Crippen molar-refractivity contribution < 1.29 is 9.59 Å². The number of halogens is 1. The van der Waals surface area contributed by atoms with Crippen LogP contribution in [0, 0.1) is 6.92 Å². The van der Waals surface area contributed by atoms with E-state index >= 15 is 0 Å². The third-order valence-electron chi connectivity index (χ3n) is 4.43. The molecule has 0 unspecified atom stereocenters. The Morgan fingerprint density at radius 1 is 1.04 bits per heavy atom. The SMILES string of the molecule is Cc1cccc(NC(=O)CN2CCN(C(=O)c3ccccc3Cl)CC2)c1. The van der Waals surface area contributed by atoms with Gasteiger partial charge >= 0.3 is 0 Å². The van der Waals surface area contributed by atoms with Crippen molar-refractivity contribution in [3.05, 3.63) is 64.7 Å². The molecular formula is C20H22ClN3O2. The van der Waals surface area contributed by atoms with Crippen LogP contribution in [0.3, 0.4) is 0 Å². The number of benzene rings is 2. The first-order valence-electron chi connectivity index (χ1n) is 8.65. The van der Waals surface area contributed by atoms with Crippen molar-refractivity contribution in [2.45, 2.75) is 6.92 Å². The Kier molecular flexibility index (Phi) is 5.91. The zero-order valence-corrected chi connectivity index (χ0v) is 15.5. The second-order valence-corrected chi connectivity index (χ2v) is 6.87. The summed E-state index contributed by atoms with van der Waals surface area (Å²) in [5.41, 5.74) is 2.44. The largest absolute Gasteiger partial charge is 0.336 e. The molecule has 0 atom stereocenters. The van der Waals surface area contributed by atoms with Gasteiger partial charge in [0.25, 0.3) is 5.91 Å². The standard InChI is InChI=1S/C20H22ClN3O2/c1-15-5-4-6-16(13-15)22-19(25)14-23-9-11-24(12-10-23)20(26)17-7-2-3-8-18(17)21/h2-8,13H,9-12,14H2,1H3,(H,22,25). The van der Waals surface area contributed by atoms with E-state index in [-0.39, 0.29) is 11.8 Å². The average Bonchev–Trinajstić information content (AvgIpc) is 2.62. The maximum Gasteiger partial charge on any atom is 0.255 e. The number of nitrogens with zero attached hydrogens (tertiary/aromatic N) is 2. The van der Waals surface area contributed by atoms with Crippen LogP contribution in [0.4, 0.5) is 5.69 Å². The topological polar surface area (TPSA) is 52.7 Å². The number of rotatable bonds is 4. The van der Waals surface area contributed by atoms with E-state index in [1.54, 1.807) is 17.0 Å². The number of carbonyl (C=O) groups is 2. The fourth-order valence-corrected chi connectivity index (χ4v) is 3.26. The molecule has 5 nitrogen and oxygen atoms in total. The second-order valence-electron chi connectivity index (χ2n) is 6.47. The fourth-order valence-electron chi connectivity index (χ4n) is 3.04. The van der Waals surface area contributed by atoms with Crippen LogP contribution in [-0.2, 0) is 4.79 Å². The average molecular weight is 372 g/mol. The fraction of sp³-hybridized carbons (Fsp3) is 0.300. The van der Waals surface area contributed by atoms with Crippen molar-refractivity contribution in [1.82, 2.24) is 9.80 Å². The molecule has 2 aromatic carbocycles. The molecule has 3 rings (SSSR count). The molecule has 136 valence electrons. The van der Waals surface area contributed by atoms with E-state index in [0.717, 1.165) is 11.3 Å². The molecule has 6 heteroatoms. The first kappa shape index (κ1) is 18.4. The van der Waals surface area contributed by atoms with Crippen LogP contribution in [-0.4, -0.2) is 54.3 Å². The van der Waals surface area contributed by atoms with E-state index in [2.05, 4.69) is 10.2 Å². The quantitative estimate of drug-likeness (QED) is 0.898. The van der Waals surface area contributed by atoms with E-state index in [0.29, 0.717) is 43.3 Å². The second kappa shape index (κ2) is 8.34. The normalized spacial score (nSPS) is 14.9. The molecule has 1 aliphatic rings. The van der Waals surface area contributed by atoms with Crippen LogP contribution in [0.25, 0.3) is 0 Å². The number of hydrogen-bond donors (Lipinski definition) is 1. The summed E-state index contributed by atoms with van der Waals surface area (Å²) < 4.78 is 0. The highest BCUT2D eigenvalue weighted by Gasteiger charge is 2.24. The minimum absolute atomic E-state index is 0.0403. The maximum absolute atomic E-state index is 12.6. The molecule has 2 aromatic rings. The van der Waals surface area contributed by atoms with Gasteiger partial charge in [0.15, 0.2) is 0 Å². The van der Waals surface area contributed by atoms with E-state index < -0.39 is 0 Å². The van der Waals surface area contributed by atoms with Gasteiger partial charge in [0.05, 0.1) is 17.1 Å². The van der Waals surface area contributed by atoms with Crippen LogP contribution >= 0.6 is 11.6 Å². The van der Waals surface area contributed by atoms with Gasteiger partial charge in [-0.25, -0.2) is 0 Å². The number of aryl methyl sites for hydroxylation is 1. The van der Waals surface area contributed by atoms with Gasteiger partial charge < -0.3 is 10.2 Å². The van der Waals surface area contributed by atoms with Crippen molar-refractivity contribution in [3.8, 4) is 0 Å². The summed E-state index contributed by atoms with van der Waals surface area (Å²) in [7, 11) is 0. The van der Waals surface area contributed by atoms with Gasteiger partial charge in [-0.1, -0.05) is 35.9 Å². The van der Waals surface area contributed by atoms with Crippen molar-refractivity contribution in [2.24, 2.45) is 0 Å². The number of carbonyl (C=O) groups excluding carboxylic acids is 2. The zero-order chi connectivity index (χ0) is 18.5. The van der Waals surface area contributed by atoms with Crippen LogP contribution in [0.2, 0.25) is 5.02 Å². The van der Waals surface area contributed by atoms with E-state index in [4.69, 9.17) is 11.6 Å². The summed E-state index contributed by atoms with van der Waals surface area (Å²) in [5, 5.41) is 3.39. The summed E-state index contributed by atoms with van der Waals surface area (Å²) in [4.78, 5) is 28.6. The monoisotopic (exact) mass is 371 g/mol. The Morgan fingerprint density at radius 3 is 2.46 bits per heavy atom. The van der Waals surface area contributed by atoms with E-state index in [1.807, 2.05) is 43.3 Å². The Balaban J connectivity index is 1.50. The molecule has 1 saturated heterocycles. The highest BCUT2D eigenvalue weighted by molar-refractivity contribution is 6.33. The summed E-state index contributed by atoms with van der Waals surface area (Å²) >= 11 is 6.11. The third kappa shape index (κ3) is 4.62. The molecule has 1 heterocycles. The lowest BCUT2D eigenvalue weighted by Gasteiger charge is -2.34. The number of amides is 2. The number of anilines is 1. The summed E-state index contributed by atoms with van der Waals surface area (Å²) in [6, 6.07) is 14.8. The zero-order valence-electron chi connectivity index (χ0n) is 14.7. The smallest absolute Gasteiger partial charge is 0.255 e. The Hall–Kier alpha value is -2.37. The van der Waals surface area contributed by atoms with E-state index in [9.17, 15) is 9.59 Å². The molecule has 0 aromatic heterocycles. The molecule has 0 saturated carbocycles. The maximum atomic E-state index is 12.6. The van der Waals surface area contributed by atoms with Crippen molar-refractivity contribution in [1.29, 1.82) is 0 Å². The highest BCUT2D eigenvalue weighted by atomic mass is 35.5. The van der Waals surface area contributed by atoms with Gasteiger partial charge in [0.1, 0.15) is 0 Å². The molecule has 0 aliphatic carbocycles. The lowest BCUT2D eigenvalue weighted by molar-refractivity contribution is -0.117. The van der Waals surface area contributed by atoms with Crippen LogP contribution < -0.4 is 5.32 Å². The molecule has 1 N–H and O–H groups in total. The van der Waals surface area contributed by atoms with Gasteiger partial charge in [-0.15, -0.1) is 0 Å². The third-order valence-corrected chi connectivity index (χ3v) is 4.76. The molecule has 26 heavy (non-hydrogen) atoms. The van der Waals surface area contributed by atoms with Gasteiger partial charge in [-0.05, 0) is 36.8 Å². The Labute approximate surface area is 158 Å². The molecule has 0 spiro atoms. The van der Waals surface area contributed by atoms with Gasteiger partial charge in [0.2, 0.25) is 5.91 Å². The van der Waals surface area contributed by atoms with Crippen LogP contribution in [0.5, 0.6) is 0 Å². The van der Waals surface area contributed by atoms with Crippen molar-refractivity contribution in [3.63, 3.8) is 0 Å². The molecular weight excluding hydrogens is 350 g/mol. The first-order chi connectivity index (χ1) is 12.5. The Morgan fingerprint density at radius 2 is 1.77 bits per heavy atom.